The summed E-state index contributed by atoms with van der Waals surface area (Å²) >= 11 is 0. The number of carbonyl (C=O) groups is 1. The van der Waals surface area contributed by atoms with Crippen LogP contribution < -0.4 is 0 Å². The first kappa shape index (κ1) is 14.5. The lowest BCUT2D eigenvalue weighted by molar-refractivity contribution is -0.144. The van der Waals surface area contributed by atoms with Gasteiger partial charge in [-0.1, -0.05) is 25.7 Å². The predicted octanol–water partition coefficient (Wildman–Crippen LogP) is 3.15. The number of nitrogens with zero attached hydrogens (tertiary/aromatic N) is 3. The van der Waals surface area contributed by atoms with Gasteiger partial charge in [0, 0.05) is 6.04 Å². The summed E-state index contributed by atoms with van der Waals surface area (Å²) < 4.78 is 7.32. The second kappa shape index (κ2) is 6.16. The maximum atomic E-state index is 12.4. The van der Waals surface area contributed by atoms with E-state index in [0.717, 1.165) is 24.5 Å². The highest BCUT2D eigenvalue weighted by atomic mass is 16.5. The molecule has 116 valence electrons. The van der Waals surface area contributed by atoms with Crippen LogP contribution in [-0.2, 0) is 9.53 Å². The molecule has 3 rings (SSSR count). The van der Waals surface area contributed by atoms with E-state index in [4.69, 9.17) is 4.74 Å². The molecule has 1 atom stereocenters. The summed E-state index contributed by atoms with van der Waals surface area (Å²) in [7, 11) is 1.48. The molecule has 0 amide bonds. The van der Waals surface area contributed by atoms with Gasteiger partial charge in [-0.2, -0.15) is 0 Å². The molecule has 0 spiro atoms. The molecular weight excluding hydrogens is 266 g/mol. The number of esters is 1. The average Bonchev–Trinajstić information content (AvgIpc) is 3.20. The molecule has 2 fully saturated rings. The molecule has 5 heteroatoms. The van der Waals surface area contributed by atoms with Crippen molar-refractivity contribution in [3.05, 3.63) is 11.6 Å². The molecule has 2 aliphatic carbocycles. The first-order chi connectivity index (χ1) is 10.2. The Labute approximate surface area is 126 Å². The van der Waals surface area contributed by atoms with Crippen LogP contribution >= 0.6 is 0 Å². The van der Waals surface area contributed by atoms with Crippen molar-refractivity contribution in [1.82, 2.24) is 14.8 Å². The van der Waals surface area contributed by atoms with Crippen LogP contribution in [0.25, 0.3) is 0 Å². The van der Waals surface area contributed by atoms with Crippen molar-refractivity contribution >= 4 is 5.97 Å². The Morgan fingerprint density at radius 2 is 1.76 bits per heavy atom. The van der Waals surface area contributed by atoms with E-state index in [1.54, 1.807) is 0 Å². The Morgan fingerprint density at radius 3 is 2.38 bits per heavy atom. The number of hydrogen-bond donors (Lipinski definition) is 0. The first-order valence-corrected chi connectivity index (χ1v) is 8.21. The smallest absolute Gasteiger partial charge is 0.316 e. The van der Waals surface area contributed by atoms with Crippen molar-refractivity contribution in [2.75, 3.05) is 7.11 Å². The average molecular weight is 291 g/mol. The quantitative estimate of drug-likeness (QED) is 0.800. The zero-order valence-electron chi connectivity index (χ0n) is 13.0. The molecule has 2 saturated carbocycles. The van der Waals surface area contributed by atoms with Gasteiger partial charge in [-0.15, -0.1) is 10.2 Å². The predicted molar refractivity (Wildman–Crippen MR) is 79.0 cm³/mol. The Morgan fingerprint density at radius 1 is 1.14 bits per heavy atom. The number of hydrogen-bond acceptors (Lipinski definition) is 4. The minimum atomic E-state index is -0.237. The van der Waals surface area contributed by atoms with Gasteiger partial charge in [0.2, 0.25) is 0 Å². The second-order valence-corrected chi connectivity index (χ2v) is 6.46. The number of ether oxygens (including phenoxy) is 1. The topological polar surface area (TPSA) is 57.0 Å². The molecule has 1 aromatic heterocycles. The summed E-state index contributed by atoms with van der Waals surface area (Å²) in [4.78, 5) is 12.4. The number of aryl methyl sites for hydroxylation is 1. The lowest BCUT2D eigenvalue weighted by Gasteiger charge is -2.24. The molecule has 0 aromatic carbocycles. The Hall–Kier alpha value is -1.39. The zero-order chi connectivity index (χ0) is 14.8. The molecule has 2 aliphatic rings. The number of methoxy groups -OCH3 is 1. The van der Waals surface area contributed by atoms with Gasteiger partial charge >= 0.3 is 5.97 Å². The summed E-state index contributed by atoms with van der Waals surface area (Å²) in [6.07, 6.45) is 9.45. The number of rotatable bonds is 4. The summed E-state index contributed by atoms with van der Waals surface area (Å²) in [5, 5.41) is 8.66. The van der Waals surface area contributed by atoms with Gasteiger partial charge in [-0.05, 0) is 38.5 Å². The van der Waals surface area contributed by atoms with E-state index in [0.29, 0.717) is 12.0 Å². The fraction of sp³-hybridized carbons (Fsp3) is 0.812. The van der Waals surface area contributed by atoms with Gasteiger partial charge < -0.3 is 9.30 Å². The van der Waals surface area contributed by atoms with Crippen molar-refractivity contribution < 1.29 is 9.53 Å². The molecule has 0 aliphatic heterocycles. The summed E-state index contributed by atoms with van der Waals surface area (Å²) in [5.74, 6) is 1.76. The fourth-order valence-corrected chi connectivity index (χ4v) is 4.14. The highest BCUT2D eigenvalue weighted by Crippen LogP contribution is 2.40. The second-order valence-electron chi connectivity index (χ2n) is 6.46. The van der Waals surface area contributed by atoms with Crippen LogP contribution in [0.15, 0.2) is 0 Å². The SMILES string of the molecule is COC(=O)C(c1nnc(C)n1C1CCCC1)C1CCCC1. The monoisotopic (exact) mass is 291 g/mol. The van der Waals surface area contributed by atoms with Crippen LogP contribution in [0.3, 0.4) is 0 Å². The minimum Gasteiger partial charge on any atom is -0.468 e. The van der Waals surface area contributed by atoms with E-state index >= 15 is 0 Å². The maximum Gasteiger partial charge on any atom is 0.316 e. The Kier molecular flexibility index (Phi) is 4.27. The number of carbonyl (C=O) groups excluding carboxylic acids is 1. The number of aromatic nitrogens is 3. The van der Waals surface area contributed by atoms with Crippen LogP contribution in [0.4, 0.5) is 0 Å². The summed E-state index contributed by atoms with van der Waals surface area (Å²) in [6, 6.07) is 0.462. The molecule has 0 radical (unpaired) electrons. The highest BCUT2D eigenvalue weighted by molar-refractivity contribution is 5.77. The lowest BCUT2D eigenvalue weighted by Crippen LogP contribution is -2.26. The van der Waals surface area contributed by atoms with E-state index in [1.165, 1.54) is 45.6 Å². The van der Waals surface area contributed by atoms with Crippen molar-refractivity contribution in [2.45, 2.75) is 70.3 Å². The van der Waals surface area contributed by atoms with Crippen molar-refractivity contribution in [3.8, 4) is 0 Å². The third kappa shape index (κ3) is 2.70. The van der Waals surface area contributed by atoms with E-state index in [1.807, 2.05) is 6.92 Å². The minimum absolute atomic E-state index is 0.145. The van der Waals surface area contributed by atoms with Gasteiger partial charge in [-0.3, -0.25) is 4.79 Å². The van der Waals surface area contributed by atoms with Gasteiger partial charge in [0.05, 0.1) is 7.11 Å². The summed E-state index contributed by atoms with van der Waals surface area (Å²) in [5.41, 5.74) is 0. The van der Waals surface area contributed by atoms with Gasteiger partial charge in [-0.25, -0.2) is 0 Å². The van der Waals surface area contributed by atoms with Crippen molar-refractivity contribution in [1.29, 1.82) is 0 Å². The van der Waals surface area contributed by atoms with Crippen molar-refractivity contribution in [3.63, 3.8) is 0 Å². The molecule has 5 nitrogen and oxygen atoms in total. The molecule has 0 bridgehead atoms. The van der Waals surface area contributed by atoms with E-state index in [-0.39, 0.29) is 11.9 Å². The maximum absolute atomic E-state index is 12.4. The molecule has 0 saturated heterocycles. The molecular formula is C16H25N3O2. The van der Waals surface area contributed by atoms with Crippen LogP contribution in [0.2, 0.25) is 0 Å². The fourth-order valence-electron chi connectivity index (χ4n) is 4.14. The van der Waals surface area contributed by atoms with Crippen LogP contribution in [0.1, 0.15) is 75.0 Å². The molecule has 1 unspecified atom stereocenters. The van der Waals surface area contributed by atoms with Crippen LogP contribution in [-0.4, -0.2) is 27.8 Å². The van der Waals surface area contributed by atoms with E-state index in [2.05, 4.69) is 14.8 Å². The normalized spacial score (nSPS) is 21.8. The Balaban J connectivity index is 1.96. The van der Waals surface area contributed by atoms with Crippen LogP contribution in [0.5, 0.6) is 0 Å². The molecule has 0 N–H and O–H groups in total. The summed E-state index contributed by atoms with van der Waals surface area (Å²) in [6.45, 7) is 2.00. The standard InChI is InChI=1S/C16H25N3O2/c1-11-17-18-15(19(11)13-9-5-6-10-13)14(16(20)21-2)12-7-3-4-8-12/h12-14H,3-10H2,1-2H3. The van der Waals surface area contributed by atoms with Crippen molar-refractivity contribution in [2.24, 2.45) is 5.92 Å². The zero-order valence-corrected chi connectivity index (χ0v) is 13.0. The van der Waals surface area contributed by atoms with Crippen LogP contribution in [0, 0.1) is 12.8 Å². The third-order valence-corrected chi connectivity index (χ3v) is 5.19. The van der Waals surface area contributed by atoms with E-state index in [9.17, 15) is 4.79 Å². The molecule has 21 heavy (non-hydrogen) atoms. The van der Waals surface area contributed by atoms with Gasteiger partial charge in [0.15, 0.2) is 0 Å². The first-order valence-electron chi connectivity index (χ1n) is 8.21. The van der Waals surface area contributed by atoms with Gasteiger partial charge in [0.1, 0.15) is 17.6 Å². The third-order valence-electron chi connectivity index (χ3n) is 5.19. The largest absolute Gasteiger partial charge is 0.468 e. The Bertz CT molecular complexity index is 500. The molecule has 1 heterocycles. The van der Waals surface area contributed by atoms with E-state index < -0.39 is 0 Å². The van der Waals surface area contributed by atoms with Gasteiger partial charge in [0.25, 0.3) is 0 Å². The highest BCUT2D eigenvalue weighted by Gasteiger charge is 2.38. The lowest BCUT2D eigenvalue weighted by atomic mass is 9.89. The molecule has 1 aromatic rings.